The van der Waals surface area contributed by atoms with Gasteiger partial charge in [-0.1, -0.05) is 0 Å². The van der Waals surface area contributed by atoms with Gasteiger partial charge in [0.2, 0.25) is 5.91 Å². The molecular formula is C7H15N3O2. The molecule has 0 fully saturated rings. The first-order valence-corrected chi connectivity index (χ1v) is 3.92. The van der Waals surface area contributed by atoms with E-state index >= 15 is 0 Å². The van der Waals surface area contributed by atoms with Gasteiger partial charge in [0.05, 0.1) is 6.54 Å². The Morgan fingerprint density at radius 2 is 1.83 bits per heavy atom. The molecule has 0 spiro atoms. The second-order valence-corrected chi connectivity index (χ2v) is 2.28. The van der Waals surface area contributed by atoms with E-state index in [1.54, 1.807) is 4.90 Å². The predicted octanol–water partition coefficient (Wildman–Crippen LogP) is -0.477. The van der Waals surface area contributed by atoms with Crippen LogP contribution in [-0.4, -0.2) is 36.5 Å². The second-order valence-electron chi connectivity index (χ2n) is 2.28. The van der Waals surface area contributed by atoms with Crippen LogP contribution >= 0.6 is 0 Å². The third kappa shape index (κ3) is 3.80. The fraction of sp³-hybridized carbons (Fsp3) is 0.714. The van der Waals surface area contributed by atoms with Gasteiger partial charge in [-0.05, 0) is 13.8 Å². The van der Waals surface area contributed by atoms with Crippen molar-refractivity contribution in [1.29, 1.82) is 0 Å². The molecule has 0 atom stereocenters. The van der Waals surface area contributed by atoms with Gasteiger partial charge in [0.1, 0.15) is 0 Å². The van der Waals surface area contributed by atoms with Crippen molar-refractivity contribution in [1.82, 2.24) is 10.2 Å². The number of nitrogens with one attached hydrogen (secondary N) is 1. The summed E-state index contributed by atoms with van der Waals surface area (Å²) >= 11 is 0. The summed E-state index contributed by atoms with van der Waals surface area (Å²) in [6.07, 6.45) is 0. The van der Waals surface area contributed by atoms with E-state index in [2.05, 4.69) is 5.32 Å². The fourth-order valence-electron chi connectivity index (χ4n) is 0.851. The van der Waals surface area contributed by atoms with E-state index in [1.807, 2.05) is 13.8 Å². The van der Waals surface area contributed by atoms with Gasteiger partial charge in [-0.15, -0.1) is 0 Å². The molecule has 3 N–H and O–H groups in total. The lowest BCUT2D eigenvalue weighted by molar-refractivity contribution is -0.129. The Kier molecular flexibility index (Phi) is 4.83. The normalized spacial score (nSPS) is 9.17. The molecule has 0 rings (SSSR count). The molecular weight excluding hydrogens is 158 g/mol. The molecule has 0 radical (unpaired) electrons. The van der Waals surface area contributed by atoms with Crippen LogP contribution in [0.2, 0.25) is 0 Å². The predicted molar refractivity (Wildman–Crippen MR) is 45.5 cm³/mol. The Morgan fingerprint density at radius 3 is 2.17 bits per heavy atom. The topological polar surface area (TPSA) is 75.4 Å². The van der Waals surface area contributed by atoms with Crippen LogP contribution < -0.4 is 11.1 Å². The Hall–Kier alpha value is -1.26. The molecule has 0 saturated heterocycles. The maximum absolute atomic E-state index is 11.2. The number of hydrogen-bond acceptors (Lipinski definition) is 2. The lowest BCUT2D eigenvalue weighted by atomic mass is 10.4. The van der Waals surface area contributed by atoms with Gasteiger partial charge in [-0.25, -0.2) is 4.79 Å². The highest BCUT2D eigenvalue weighted by molar-refractivity contribution is 5.83. The van der Waals surface area contributed by atoms with E-state index in [0.717, 1.165) is 0 Å². The third-order valence-corrected chi connectivity index (χ3v) is 1.53. The zero-order valence-electron chi connectivity index (χ0n) is 7.46. The zero-order chi connectivity index (χ0) is 9.56. The minimum Gasteiger partial charge on any atom is -0.352 e. The Balaban J connectivity index is 3.77. The van der Waals surface area contributed by atoms with E-state index in [4.69, 9.17) is 5.73 Å². The molecule has 0 aromatic carbocycles. The first-order chi connectivity index (χ1) is 5.61. The summed E-state index contributed by atoms with van der Waals surface area (Å²) in [5.74, 6) is -0.112. The molecule has 0 bridgehead atoms. The van der Waals surface area contributed by atoms with Crippen LogP contribution in [0.15, 0.2) is 0 Å². The van der Waals surface area contributed by atoms with Gasteiger partial charge in [0.25, 0.3) is 0 Å². The van der Waals surface area contributed by atoms with E-state index in [-0.39, 0.29) is 12.5 Å². The number of amides is 3. The monoisotopic (exact) mass is 173 g/mol. The zero-order valence-corrected chi connectivity index (χ0v) is 7.46. The van der Waals surface area contributed by atoms with Crippen molar-refractivity contribution in [2.24, 2.45) is 5.73 Å². The van der Waals surface area contributed by atoms with E-state index < -0.39 is 6.03 Å². The maximum Gasteiger partial charge on any atom is 0.312 e. The number of urea groups is 1. The molecule has 0 unspecified atom stereocenters. The van der Waals surface area contributed by atoms with E-state index in [1.165, 1.54) is 0 Å². The van der Waals surface area contributed by atoms with Crippen molar-refractivity contribution < 1.29 is 9.59 Å². The molecule has 0 saturated carbocycles. The van der Waals surface area contributed by atoms with Crippen LogP contribution in [0, 0.1) is 0 Å². The molecule has 5 heteroatoms. The summed E-state index contributed by atoms with van der Waals surface area (Å²) in [5.41, 5.74) is 4.80. The summed E-state index contributed by atoms with van der Waals surface area (Å²) in [7, 11) is 0. The van der Waals surface area contributed by atoms with Crippen molar-refractivity contribution in [3.8, 4) is 0 Å². The first kappa shape index (κ1) is 10.7. The smallest absolute Gasteiger partial charge is 0.312 e. The number of likely N-dealkylation sites (N-methyl/N-ethyl adjacent to an activating group) is 1. The van der Waals surface area contributed by atoms with Crippen LogP contribution in [0.25, 0.3) is 0 Å². The minimum atomic E-state index is -0.671. The minimum absolute atomic E-state index is 0.0169. The summed E-state index contributed by atoms with van der Waals surface area (Å²) in [5, 5.41) is 2.24. The SMILES string of the molecule is CCN(CC)C(=O)CNC(N)=O. The van der Waals surface area contributed by atoms with Crippen LogP contribution in [0.1, 0.15) is 13.8 Å². The molecule has 0 aliphatic heterocycles. The quantitative estimate of drug-likeness (QED) is 0.602. The van der Waals surface area contributed by atoms with Gasteiger partial charge in [-0.2, -0.15) is 0 Å². The third-order valence-electron chi connectivity index (χ3n) is 1.53. The molecule has 0 aliphatic rings. The lowest BCUT2D eigenvalue weighted by Gasteiger charge is -2.18. The van der Waals surface area contributed by atoms with Gasteiger partial charge < -0.3 is 16.0 Å². The number of carbonyl (C=O) groups is 2. The summed E-state index contributed by atoms with van der Waals surface area (Å²) in [4.78, 5) is 23.0. The summed E-state index contributed by atoms with van der Waals surface area (Å²) in [6.45, 7) is 5.04. The van der Waals surface area contributed by atoms with Crippen molar-refractivity contribution >= 4 is 11.9 Å². The standard InChI is InChI=1S/C7H15N3O2/c1-3-10(4-2)6(11)5-9-7(8)12/h3-5H2,1-2H3,(H3,8,9,12). The van der Waals surface area contributed by atoms with E-state index in [0.29, 0.717) is 13.1 Å². The number of primary amides is 1. The molecule has 5 nitrogen and oxygen atoms in total. The van der Waals surface area contributed by atoms with E-state index in [9.17, 15) is 9.59 Å². The fourth-order valence-corrected chi connectivity index (χ4v) is 0.851. The van der Waals surface area contributed by atoms with Crippen LogP contribution in [0.4, 0.5) is 4.79 Å². The Labute approximate surface area is 71.9 Å². The van der Waals surface area contributed by atoms with Crippen molar-refractivity contribution in [3.05, 3.63) is 0 Å². The summed E-state index contributed by atoms with van der Waals surface area (Å²) in [6, 6.07) is -0.671. The second kappa shape index (κ2) is 5.40. The molecule has 3 amide bonds. The molecule has 70 valence electrons. The van der Waals surface area contributed by atoms with Gasteiger partial charge >= 0.3 is 6.03 Å². The lowest BCUT2D eigenvalue weighted by Crippen LogP contribution is -2.41. The average molecular weight is 173 g/mol. The Bertz CT molecular complexity index is 166. The number of nitrogens with two attached hydrogens (primary N) is 1. The first-order valence-electron chi connectivity index (χ1n) is 3.92. The largest absolute Gasteiger partial charge is 0.352 e. The number of hydrogen-bond donors (Lipinski definition) is 2. The molecule has 0 aromatic heterocycles. The maximum atomic E-state index is 11.2. The highest BCUT2D eigenvalue weighted by Gasteiger charge is 2.08. The number of nitrogens with zero attached hydrogens (tertiary/aromatic N) is 1. The van der Waals surface area contributed by atoms with Crippen LogP contribution in [-0.2, 0) is 4.79 Å². The molecule has 12 heavy (non-hydrogen) atoms. The number of rotatable bonds is 4. The molecule has 0 aliphatic carbocycles. The van der Waals surface area contributed by atoms with Crippen molar-refractivity contribution in [2.45, 2.75) is 13.8 Å². The van der Waals surface area contributed by atoms with Gasteiger partial charge in [0.15, 0.2) is 0 Å². The highest BCUT2D eigenvalue weighted by atomic mass is 16.2. The van der Waals surface area contributed by atoms with Crippen molar-refractivity contribution in [2.75, 3.05) is 19.6 Å². The number of carbonyl (C=O) groups excluding carboxylic acids is 2. The van der Waals surface area contributed by atoms with Crippen molar-refractivity contribution in [3.63, 3.8) is 0 Å². The average Bonchev–Trinajstić information content (AvgIpc) is 2.03. The molecule has 0 aromatic rings. The van der Waals surface area contributed by atoms with Gasteiger partial charge in [0, 0.05) is 13.1 Å². The summed E-state index contributed by atoms with van der Waals surface area (Å²) < 4.78 is 0. The Morgan fingerprint density at radius 1 is 1.33 bits per heavy atom. The van der Waals surface area contributed by atoms with Crippen LogP contribution in [0.5, 0.6) is 0 Å². The van der Waals surface area contributed by atoms with Crippen LogP contribution in [0.3, 0.4) is 0 Å². The van der Waals surface area contributed by atoms with Gasteiger partial charge in [-0.3, -0.25) is 4.79 Å². The highest BCUT2D eigenvalue weighted by Crippen LogP contribution is 1.86. The molecule has 0 heterocycles.